The Hall–Kier alpha value is -0.540. The molecule has 0 bridgehead atoms. The summed E-state index contributed by atoms with van der Waals surface area (Å²) in [5.74, 6) is 0. The average molecular weight is 222 g/mol. The number of thioether (sulfide) groups is 1. The van der Waals surface area contributed by atoms with E-state index in [2.05, 4.69) is 11.1 Å². The Kier molecular flexibility index (Phi) is 3.65. The van der Waals surface area contributed by atoms with E-state index in [4.69, 9.17) is 5.73 Å². The Morgan fingerprint density at radius 2 is 2.20 bits per heavy atom. The van der Waals surface area contributed by atoms with Gasteiger partial charge in [0.25, 0.3) is 0 Å². The summed E-state index contributed by atoms with van der Waals surface area (Å²) in [6, 6.07) is 4.15. The van der Waals surface area contributed by atoms with Gasteiger partial charge >= 0.3 is 0 Å². The molecule has 0 amide bonds. The standard InChI is InChI=1S/C12H18N2S/c1-9(13)11-7-4-8-14-12(11)15-10-5-2-3-6-10/h4,7-10H,2-3,5-6,13H2,1H3/t9-/m1/s1. The molecule has 15 heavy (non-hydrogen) atoms. The van der Waals surface area contributed by atoms with Crippen LogP contribution in [0.3, 0.4) is 0 Å². The molecular weight excluding hydrogens is 204 g/mol. The van der Waals surface area contributed by atoms with Gasteiger partial charge in [0.05, 0.1) is 0 Å². The van der Waals surface area contributed by atoms with Crippen LogP contribution in [-0.2, 0) is 0 Å². The molecule has 2 N–H and O–H groups in total. The van der Waals surface area contributed by atoms with Gasteiger partial charge in [0.1, 0.15) is 5.03 Å². The van der Waals surface area contributed by atoms with Crippen molar-refractivity contribution in [3.63, 3.8) is 0 Å². The third-order valence-electron chi connectivity index (χ3n) is 2.87. The summed E-state index contributed by atoms with van der Waals surface area (Å²) >= 11 is 1.92. The molecule has 0 unspecified atom stereocenters. The van der Waals surface area contributed by atoms with Crippen LogP contribution in [-0.4, -0.2) is 10.2 Å². The summed E-state index contributed by atoms with van der Waals surface area (Å²) in [6.07, 6.45) is 7.28. The van der Waals surface area contributed by atoms with Crippen molar-refractivity contribution in [2.75, 3.05) is 0 Å². The Balaban J connectivity index is 2.12. The topological polar surface area (TPSA) is 38.9 Å². The number of nitrogens with zero attached hydrogens (tertiary/aromatic N) is 1. The van der Waals surface area contributed by atoms with Gasteiger partial charge in [-0.25, -0.2) is 4.98 Å². The fourth-order valence-corrected chi connectivity index (χ4v) is 3.41. The second kappa shape index (κ2) is 4.99. The summed E-state index contributed by atoms with van der Waals surface area (Å²) in [5.41, 5.74) is 7.12. The lowest BCUT2D eigenvalue weighted by Crippen LogP contribution is -2.08. The number of pyridine rings is 1. The third kappa shape index (κ3) is 2.73. The fraction of sp³-hybridized carbons (Fsp3) is 0.583. The van der Waals surface area contributed by atoms with Crippen LogP contribution in [0.5, 0.6) is 0 Å². The normalized spacial score (nSPS) is 19.3. The first-order valence-electron chi connectivity index (χ1n) is 5.64. The van der Waals surface area contributed by atoms with Crippen molar-refractivity contribution >= 4 is 11.8 Å². The first-order valence-corrected chi connectivity index (χ1v) is 6.52. The van der Waals surface area contributed by atoms with Crippen LogP contribution in [0.25, 0.3) is 0 Å². The second-order valence-corrected chi connectivity index (χ2v) is 5.50. The van der Waals surface area contributed by atoms with Gasteiger partial charge in [-0.3, -0.25) is 0 Å². The SMILES string of the molecule is C[C@@H](N)c1cccnc1SC1CCCC1. The summed E-state index contributed by atoms with van der Waals surface area (Å²) in [7, 11) is 0. The molecule has 1 aliphatic rings. The van der Waals surface area contributed by atoms with E-state index in [1.807, 2.05) is 30.9 Å². The minimum absolute atomic E-state index is 0.0857. The zero-order valence-electron chi connectivity index (χ0n) is 9.15. The lowest BCUT2D eigenvalue weighted by Gasteiger charge is -2.13. The van der Waals surface area contributed by atoms with Gasteiger partial charge in [-0.15, -0.1) is 11.8 Å². The van der Waals surface area contributed by atoms with Gasteiger partial charge in [-0.1, -0.05) is 18.9 Å². The molecule has 0 aliphatic heterocycles. The van der Waals surface area contributed by atoms with Crippen molar-refractivity contribution in [3.05, 3.63) is 23.9 Å². The Morgan fingerprint density at radius 3 is 2.87 bits per heavy atom. The molecular formula is C12H18N2S. The van der Waals surface area contributed by atoms with Gasteiger partial charge in [0, 0.05) is 23.1 Å². The van der Waals surface area contributed by atoms with Gasteiger partial charge < -0.3 is 5.73 Å². The molecule has 1 fully saturated rings. The molecule has 3 heteroatoms. The van der Waals surface area contributed by atoms with E-state index in [-0.39, 0.29) is 6.04 Å². The van der Waals surface area contributed by atoms with Gasteiger partial charge in [-0.2, -0.15) is 0 Å². The Morgan fingerprint density at radius 1 is 1.47 bits per heavy atom. The minimum atomic E-state index is 0.0857. The van der Waals surface area contributed by atoms with Crippen LogP contribution in [0.4, 0.5) is 0 Å². The summed E-state index contributed by atoms with van der Waals surface area (Å²) in [4.78, 5) is 4.45. The third-order valence-corrected chi connectivity index (χ3v) is 4.24. The first-order chi connectivity index (χ1) is 7.27. The summed E-state index contributed by atoms with van der Waals surface area (Å²) in [5, 5.41) is 1.90. The lowest BCUT2D eigenvalue weighted by atomic mass is 10.2. The van der Waals surface area contributed by atoms with Crippen LogP contribution < -0.4 is 5.73 Å². The van der Waals surface area contributed by atoms with Gasteiger partial charge in [0.15, 0.2) is 0 Å². The van der Waals surface area contributed by atoms with Crippen molar-refractivity contribution in [1.82, 2.24) is 4.98 Å². The molecule has 82 valence electrons. The molecule has 1 heterocycles. The van der Waals surface area contributed by atoms with Crippen LogP contribution in [0, 0.1) is 0 Å². The number of nitrogens with two attached hydrogens (primary N) is 1. The Labute approximate surface area is 95.7 Å². The molecule has 1 aromatic rings. The highest BCUT2D eigenvalue weighted by Gasteiger charge is 2.18. The molecule has 1 aliphatic carbocycles. The van der Waals surface area contributed by atoms with E-state index in [1.54, 1.807) is 0 Å². The van der Waals surface area contributed by atoms with Crippen LogP contribution in [0.1, 0.15) is 44.2 Å². The van der Waals surface area contributed by atoms with E-state index >= 15 is 0 Å². The number of hydrogen-bond acceptors (Lipinski definition) is 3. The number of rotatable bonds is 3. The highest BCUT2D eigenvalue weighted by atomic mass is 32.2. The van der Waals surface area contributed by atoms with Crippen molar-refractivity contribution in [1.29, 1.82) is 0 Å². The van der Waals surface area contributed by atoms with E-state index in [9.17, 15) is 0 Å². The maximum Gasteiger partial charge on any atom is 0.101 e. The summed E-state index contributed by atoms with van der Waals surface area (Å²) < 4.78 is 0. The second-order valence-electron chi connectivity index (χ2n) is 4.21. The lowest BCUT2D eigenvalue weighted by molar-refractivity contribution is 0.776. The highest BCUT2D eigenvalue weighted by Crippen LogP contribution is 2.36. The molecule has 1 saturated carbocycles. The predicted octanol–water partition coefficient (Wildman–Crippen LogP) is 3.14. The number of aromatic nitrogens is 1. The van der Waals surface area contributed by atoms with E-state index in [1.165, 1.54) is 31.2 Å². The molecule has 0 radical (unpaired) electrons. The maximum absolute atomic E-state index is 5.94. The smallest absolute Gasteiger partial charge is 0.101 e. The van der Waals surface area contributed by atoms with Crippen molar-refractivity contribution in [2.45, 2.75) is 48.9 Å². The monoisotopic (exact) mass is 222 g/mol. The van der Waals surface area contributed by atoms with Gasteiger partial charge in [-0.05, 0) is 25.8 Å². The summed E-state index contributed by atoms with van der Waals surface area (Å²) in [6.45, 7) is 2.02. The van der Waals surface area contributed by atoms with Crippen molar-refractivity contribution in [3.8, 4) is 0 Å². The van der Waals surface area contributed by atoms with Crippen LogP contribution in [0.2, 0.25) is 0 Å². The molecule has 2 rings (SSSR count). The Bertz CT molecular complexity index is 319. The van der Waals surface area contributed by atoms with E-state index in [0.717, 1.165) is 10.3 Å². The molecule has 0 spiro atoms. The fourth-order valence-electron chi connectivity index (χ4n) is 2.01. The molecule has 0 saturated heterocycles. The molecule has 0 aromatic carbocycles. The highest BCUT2D eigenvalue weighted by molar-refractivity contribution is 7.99. The zero-order chi connectivity index (χ0) is 10.7. The molecule has 2 nitrogen and oxygen atoms in total. The van der Waals surface area contributed by atoms with Crippen LogP contribution >= 0.6 is 11.8 Å². The largest absolute Gasteiger partial charge is 0.324 e. The first kappa shape index (κ1) is 11.0. The quantitative estimate of drug-likeness (QED) is 0.854. The zero-order valence-corrected chi connectivity index (χ0v) is 9.96. The molecule has 1 aromatic heterocycles. The van der Waals surface area contributed by atoms with Crippen LogP contribution in [0.15, 0.2) is 23.4 Å². The maximum atomic E-state index is 5.94. The average Bonchev–Trinajstić information content (AvgIpc) is 2.71. The van der Waals surface area contributed by atoms with E-state index < -0.39 is 0 Å². The predicted molar refractivity (Wildman–Crippen MR) is 65.0 cm³/mol. The number of hydrogen-bond donors (Lipinski definition) is 1. The van der Waals surface area contributed by atoms with Crippen molar-refractivity contribution in [2.24, 2.45) is 5.73 Å². The molecule has 1 atom stereocenters. The van der Waals surface area contributed by atoms with Crippen molar-refractivity contribution < 1.29 is 0 Å². The van der Waals surface area contributed by atoms with E-state index in [0.29, 0.717) is 0 Å². The van der Waals surface area contributed by atoms with Gasteiger partial charge in [0.2, 0.25) is 0 Å². The minimum Gasteiger partial charge on any atom is -0.324 e.